The number of hydrogen-bond acceptors (Lipinski definition) is 2. The summed E-state index contributed by atoms with van der Waals surface area (Å²) in [5.74, 6) is -0.0473. The van der Waals surface area contributed by atoms with Gasteiger partial charge < -0.3 is 4.90 Å². The van der Waals surface area contributed by atoms with Crippen molar-refractivity contribution in [3.8, 4) is 0 Å². The van der Waals surface area contributed by atoms with Crippen LogP contribution in [0.3, 0.4) is 0 Å². The zero-order chi connectivity index (χ0) is 11.7. The van der Waals surface area contributed by atoms with E-state index in [4.69, 9.17) is 23.2 Å². The van der Waals surface area contributed by atoms with Gasteiger partial charge in [-0.3, -0.25) is 9.48 Å². The lowest BCUT2D eigenvalue weighted by molar-refractivity contribution is -0.132. The first kappa shape index (κ1) is 12.3. The molecule has 0 unspecified atom stereocenters. The molecule has 84 valence electrons. The number of carbonyl (C=O) groups excluding carboxylic acids is 1. The lowest BCUT2D eigenvalue weighted by Crippen LogP contribution is -2.30. The van der Waals surface area contributed by atoms with Crippen LogP contribution in [0, 0.1) is 6.92 Å². The Bertz CT molecular complexity index is 387. The third kappa shape index (κ3) is 2.26. The fraction of sp³-hybridized carbons (Fsp3) is 0.556. The summed E-state index contributed by atoms with van der Waals surface area (Å²) in [5, 5.41) is 4.64. The summed E-state index contributed by atoms with van der Waals surface area (Å²) in [6.45, 7) is 3.54. The SMILES string of the molecule is Cc1c(Cl)c(Cl)nn1[C@@H](C)C(=O)N(C)C. The quantitative estimate of drug-likeness (QED) is 0.806. The number of aromatic nitrogens is 2. The molecule has 1 amide bonds. The van der Waals surface area contributed by atoms with Crippen LogP contribution in [0.15, 0.2) is 0 Å². The van der Waals surface area contributed by atoms with E-state index in [2.05, 4.69) is 5.10 Å². The van der Waals surface area contributed by atoms with E-state index < -0.39 is 6.04 Å². The van der Waals surface area contributed by atoms with Gasteiger partial charge in [0.05, 0.1) is 5.69 Å². The van der Waals surface area contributed by atoms with Crippen LogP contribution in [0.2, 0.25) is 10.2 Å². The molecule has 0 aliphatic carbocycles. The van der Waals surface area contributed by atoms with Gasteiger partial charge in [0.15, 0.2) is 5.15 Å². The van der Waals surface area contributed by atoms with Crippen molar-refractivity contribution in [3.63, 3.8) is 0 Å². The number of carbonyl (C=O) groups is 1. The van der Waals surface area contributed by atoms with Crippen molar-refractivity contribution in [1.29, 1.82) is 0 Å². The molecule has 1 heterocycles. The van der Waals surface area contributed by atoms with Gasteiger partial charge >= 0.3 is 0 Å². The Hall–Kier alpha value is -0.740. The number of nitrogens with zero attached hydrogens (tertiary/aromatic N) is 3. The van der Waals surface area contributed by atoms with Gasteiger partial charge in [-0.2, -0.15) is 5.10 Å². The molecule has 0 saturated heterocycles. The van der Waals surface area contributed by atoms with Gasteiger partial charge in [0.25, 0.3) is 0 Å². The molecule has 0 fully saturated rings. The predicted octanol–water partition coefficient (Wildman–Crippen LogP) is 2.15. The normalized spacial score (nSPS) is 12.7. The molecule has 0 saturated carbocycles. The fourth-order valence-corrected chi connectivity index (χ4v) is 1.66. The van der Waals surface area contributed by atoms with E-state index in [9.17, 15) is 4.79 Å². The molecule has 1 aromatic rings. The molecule has 15 heavy (non-hydrogen) atoms. The predicted molar refractivity (Wildman–Crippen MR) is 60.4 cm³/mol. The van der Waals surface area contributed by atoms with Crippen molar-refractivity contribution in [2.45, 2.75) is 19.9 Å². The number of hydrogen-bond donors (Lipinski definition) is 0. The maximum atomic E-state index is 11.7. The monoisotopic (exact) mass is 249 g/mol. The van der Waals surface area contributed by atoms with Crippen molar-refractivity contribution in [2.24, 2.45) is 0 Å². The van der Waals surface area contributed by atoms with Gasteiger partial charge in [-0.25, -0.2) is 0 Å². The summed E-state index contributed by atoms with van der Waals surface area (Å²) in [6.07, 6.45) is 0. The van der Waals surface area contributed by atoms with Crippen LogP contribution in [0.5, 0.6) is 0 Å². The third-order valence-electron chi connectivity index (χ3n) is 2.20. The topological polar surface area (TPSA) is 38.1 Å². The maximum absolute atomic E-state index is 11.7. The molecular formula is C9H13Cl2N3O. The fourth-order valence-electron chi connectivity index (χ4n) is 1.32. The molecule has 0 aliphatic heterocycles. The summed E-state index contributed by atoms with van der Waals surface area (Å²) < 4.78 is 1.53. The molecular weight excluding hydrogens is 237 g/mol. The first-order chi connectivity index (χ1) is 6.86. The largest absolute Gasteiger partial charge is 0.347 e. The summed E-state index contributed by atoms with van der Waals surface area (Å²) in [4.78, 5) is 13.2. The molecule has 1 aromatic heterocycles. The maximum Gasteiger partial charge on any atom is 0.246 e. The van der Waals surface area contributed by atoms with Crippen molar-refractivity contribution in [2.75, 3.05) is 14.1 Å². The molecule has 0 N–H and O–H groups in total. The van der Waals surface area contributed by atoms with Gasteiger partial charge in [-0.15, -0.1) is 0 Å². The van der Waals surface area contributed by atoms with Crippen molar-refractivity contribution >= 4 is 29.1 Å². The van der Waals surface area contributed by atoms with Gasteiger partial charge in [0.1, 0.15) is 11.1 Å². The Labute approximate surface area is 98.8 Å². The van der Waals surface area contributed by atoms with Crippen LogP contribution in [0.25, 0.3) is 0 Å². The highest BCUT2D eigenvalue weighted by Crippen LogP contribution is 2.26. The smallest absolute Gasteiger partial charge is 0.246 e. The zero-order valence-corrected chi connectivity index (χ0v) is 10.6. The Morgan fingerprint density at radius 1 is 1.47 bits per heavy atom. The molecule has 0 aliphatic rings. The van der Waals surface area contributed by atoms with Crippen LogP contribution >= 0.6 is 23.2 Å². The second-order valence-corrected chi connectivity index (χ2v) is 4.28. The van der Waals surface area contributed by atoms with Crippen LogP contribution in [0.1, 0.15) is 18.7 Å². The minimum Gasteiger partial charge on any atom is -0.347 e. The summed E-state index contributed by atoms with van der Waals surface area (Å²) >= 11 is 11.7. The Balaban J connectivity index is 3.06. The molecule has 0 aromatic carbocycles. The van der Waals surface area contributed by atoms with E-state index in [0.717, 1.165) is 0 Å². The molecule has 6 heteroatoms. The van der Waals surface area contributed by atoms with Crippen molar-refractivity contribution in [3.05, 3.63) is 15.9 Å². The van der Waals surface area contributed by atoms with Crippen LogP contribution in [-0.4, -0.2) is 34.7 Å². The van der Waals surface area contributed by atoms with E-state index in [1.54, 1.807) is 27.9 Å². The summed E-state index contributed by atoms with van der Waals surface area (Å²) in [7, 11) is 3.39. The van der Waals surface area contributed by atoms with E-state index in [0.29, 0.717) is 10.7 Å². The number of halogens is 2. The Morgan fingerprint density at radius 2 is 2.00 bits per heavy atom. The Kier molecular flexibility index (Phi) is 3.62. The highest BCUT2D eigenvalue weighted by molar-refractivity contribution is 6.41. The van der Waals surface area contributed by atoms with Crippen molar-refractivity contribution < 1.29 is 4.79 Å². The van der Waals surface area contributed by atoms with Crippen LogP contribution < -0.4 is 0 Å². The highest BCUT2D eigenvalue weighted by Gasteiger charge is 2.22. The average Bonchev–Trinajstić information content (AvgIpc) is 2.43. The van der Waals surface area contributed by atoms with Crippen LogP contribution in [-0.2, 0) is 4.79 Å². The first-order valence-electron chi connectivity index (χ1n) is 4.47. The average molecular weight is 250 g/mol. The first-order valence-corrected chi connectivity index (χ1v) is 5.23. The summed E-state index contributed by atoms with van der Waals surface area (Å²) in [5.41, 5.74) is 0.698. The van der Waals surface area contributed by atoms with E-state index in [1.807, 2.05) is 0 Å². The van der Waals surface area contributed by atoms with Gasteiger partial charge in [-0.1, -0.05) is 23.2 Å². The molecule has 4 nitrogen and oxygen atoms in total. The van der Waals surface area contributed by atoms with Crippen molar-refractivity contribution in [1.82, 2.24) is 14.7 Å². The van der Waals surface area contributed by atoms with Crippen LogP contribution in [0.4, 0.5) is 0 Å². The number of amides is 1. The van der Waals surface area contributed by atoms with E-state index in [-0.39, 0.29) is 11.1 Å². The van der Waals surface area contributed by atoms with E-state index >= 15 is 0 Å². The second-order valence-electron chi connectivity index (χ2n) is 3.54. The lowest BCUT2D eigenvalue weighted by Gasteiger charge is -2.18. The standard InChI is InChI=1S/C9H13Cl2N3O/c1-5-7(10)8(11)12-14(5)6(2)9(15)13(3)4/h6H,1-4H3/t6-/m0/s1. The number of likely N-dealkylation sites (N-methyl/N-ethyl adjacent to an activating group) is 1. The van der Waals surface area contributed by atoms with E-state index in [1.165, 1.54) is 9.58 Å². The molecule has 0 radical (unpaired) electrons. The summed E-state index contributed by atoms with van der Waals surface area (Å²) in [6, 6.07) is -0.398. The molecule has 0 bridgehead atoms. The Morgan fingerprint density at radius 3 is 2.33 bits per heavy atom. The third-order valence-corrected chi connectivity index (χ3v) is 3.02. The molecule has 1 atom stereocenters. The lowest BCUT2D eigenvalue weighted by atomic mass is 10.3. The molecule has 1 rings (SSSR count). The minimum atomic E-state index is -0.398. The van der Waals surface area contributed by atoms with Gasteiger partial charge in [0, 0.05) is 14.1 Å². The second kappa shape index (κ2) is 4.41. The highest BCUT2D eigenvalue weighted by atomic mass is 35.5. The molecule has 0 spiro atoms. The zero-order valence-electron chi connectivity index (χ0n) is 9.08. The minimum absolute atomic E-state index is 0.0473. The number of rotatable bonds is 2. The van der Waals surface area contributed by atoms with Gasteiger partial charge in [0.2, 0.25) is 5.91 Å². The van der Waals surface area contributed by atoms with Gasteiger partial charge in [-0.05, 0) is 13.8 Å².